The zero-order chi connectivity index (χ0) is 12.5. The highest BCUT2D eigenvalue weighted by atomic mass is 32.3. The van der Waals surface area contributed by atoms with Crippen LogP contribution in [0.1, 0.15) is 13.8 Å². The molecule has 2 aliphatic rings. The normalized spacial score (nSPS) is 30.9. The summed E-state index contributed by atoms with van der Waals surface area (Å²) in [6.07, 6.45) is 0. The Morgan fingerprint density at radius 2 is 1.41 bits per heavy atom. The van der Waals surface area contributed by atoms with Gasteiger partial charge in [0.15, 0.2) is 13.0 Å². The van der Waals surface area contributed by atoms with E-state index in [0.29, 0.717) is 9.16 Å². The van der Waals surface area contributed by atoms with Crippen LogP contribution >= 0.6 is 70.6 Å². The van der Waals surface area contributed by atoms with Crippen molar-refractivity contribution in [1.29, 1.82) is 0 Å². The molecule has 0 N–H and O–H groups in total. The van der Waals surface area contributed by atoms with Gasteiger partial charge >= 0.3 is 0 Å². The third-order valence-corrected chi connectivity index (χ3v) is 12.5. The summed E-state index contributed by atoms with van der Waals surface area (Å²) in [5.74, 6) is 2.04. The quantitative estimate of drug-likeness (QED) is 0.749. The zero-order valence-corrected chi connectivity index (χ0v) is 14.2. The Labute approximate surface area is 127 Å². The molecule has 2 nitrogen and oxygen atoms in total. The van der Waals surface area contributed by atoms with Crippen molar-refractivity contribution in [2.45, 2.75) is 25.8 Å². The molecule has 0 aliphatic carbocycles. The van der Waals surface area contributed by atoms with Gasteiger partial charge in [0.25, 0.3) is 0 Å². The number of hydrogen-bond acceptors (Lipinski definition) is 8. The van der Waals surface area contributed by atoms with E-state index in [4.69, 9.17) is 0 Å². The fraction of sp³-hybridized carbons (Fsp3) is 0.778. The van der Waals surface area contributed by atoms with E-state index in [9.17, 15) is 9.59 Å². The predicted molar refractivity (Wildman–Crippen MR) is 86.9 cm³/mol. The second-order valence-electron chi connectivity index (χ2n) is 3.44. The molecular formula is C9H12O2S6. The van der Waals surface area contributed by atoms with Gasteiger partial charge in [-0.3, -0.25) is 9.59 Å². The Morgan fingerprint density at radius 3 is 1.76 bits per heavy atom. The van der Waals surface area contributed by atoms with Crippen LogP contribution < -0.4 is 0 Å². The molecule has 0 aromatic rings. The molecule has 2 aliphatic heterocycles. The molecule has 2 fully saturated rings. The fourth-order valence-electron chi connectivity index (χ4n) is 1.42. The molecule has 0 aromatic heterocycles. The van der Waals surface area contributed by atoms with E-state index in [1.807, 2.05) is 47.0 Å². The first-order valence-corrected chi connectivity index (χ1v) is 10.5. The molecule has 2 atom stereocenters. The van der Waals surface area contributed by atoms with Crippen molar-refractivity contribution >= 4 is 80.8 Å². The largest absolute Gasteiger partial charge is 0.288 e. The molecule has 17 heavy (non-hydrogen) atoms. The van der Waals surface area contributed by atoms with E-state index in [1.54, 1.807) is 13.8 Å². The number of carbonyl (C=O) groups is 2. The Morgan fingerprint density at radius 1 is 1.00 bits per heavy atom. The molecule has 0 amide bonds. The Balaban J connectivity index is 1.87. The summed E-state index contributed by atoms with van der Waals surface area (Å²) in [6, 6.07) is 0. The maximum absolute atomic E-state index is 11.1. The van der Waals surface area contributed by atoms with Crippen LogP contribution in [0, 0.1) is 0 Å². The Kier molecular flexibility index (Phi) is 5.47. The second-order valence-corrected chi connectivity index (χ2v) is 13.6. The van der Waals surface area contributed by atoms with E-state index in [-0.39, 0.29) is 13.0 Å². The van der Waals surface area contributed by atoms with Gasteiger partial charge in [-0.25, -0.2) is 0 Å². The summed E-state index contributed by atoms with van der Waals surface area (Å²) in [5.41, 5.74) is 0. The lowest BCUT2D eigenvalue weighted by Gasteiger charge is -2.19. The van der Waals surface area contributed by atoms with Gasteiger partial charge in [0.1, 0.15) is 0 Å². The van der Waals surface area contributed by atoms with Crippen molar-refractivity contribution in [2.75, 3.05) is 11.5 Å². The number of carbonyl (C=O) groups excluding carboxylic acids is 2. The monoisotopic (exact) mass is 344 g/mol. The minimum Gasteiger partial charge on any atom is -0.288 e. The Hall–Kier alpha value is 1.44. The van der Waals surface area contributed by atoms with E-state index in [1.165, 1.54) is 23.5 Å². The predicted octanol–water partition coefficient (Wildman–Crippen LogP) is 3.77. The number of rotatable bonds is 2. The van der Waals surface area contributed by atoms with Crippen LogP contribution in [0.5, 0.6) is 0 Å². The molecular weight excluding hydrogens is 332 g/mol. The minimum atomic E-state index is 0.125. The standard InChI is InChI=1S/C9H12O2S6/c1-5(10)14-7-3-12-9(16-7)13-4-8(17-9)15-6(2)11/h7-8H,3-4H2,1-2H3/t7-,8-,9?/m0/s1. The zero-order valence-electron chi connectivity index (χ0n) is 9.33. The van der Waals surface area contributed by atoms with Gasteiger partial charge in [0, 0.05) is 25.4 Å². The lowest BCUT2D eigenvalue weighted by atomic mass is 10.9. The average molecular weight is 345 g/mol. The van der Waals surface area contributed by atoms with E-state index >= 15 is 0 Å². The van der Waals surface area contributed by atoms with E-state index in [2.05, 4.69) is 0 Å². The summed E-state index contributed by atoms with van der Waals surface area (Å²) in [5, 5.41) is 0.394. The van der Waals surface area contributed by atoms with Crippen molar-refractivity contribution in [3.63, 3.8) is 0 Å². The van der Waals surface area contributed by atoms with Gasteiger partial charge < -0.3 is 0 Å². The first kappa shape index (κ1) is 14.8. The maximum atomic E-state index is 11.1. The highest BCUT2D eigenvalue weighted by Gasteiger charge is 2.49. The molecule has 0 aromatic carbocycles. The number of thioether (sulfide) groups is 6. The average Bonchev–Trinajstić information content (AvgIpc) is 2.74. The Bertz CT molecular complexity index is 301. The summed E-state index contributed by atoms with van der Waals surface area (Å²) in [7, 11) is 0. The molecule has 2 rings (SSSR count). The number of hydrogen-bond donors (Lipinski definition) is 0. The van der Waals surface area contributed by atoms with E-state index < -0.39 is 0 Å². The highest BCUT2D eigenvalue weighted by molar-refractivity contribution is 8.54. The summed E-state index contributed by atoms with van der Waals surface area (Å²) >= 11 is 10.5. The maximum Gasteiger partial charge on any atom is 0.186 e. The van der Waals surface area contributed by atoms with Crippen LogP contribution in [0.2, 0.25) is 0 Å². The first-order valence-electron chi connectivity index (χ1n) is 4.97. The first-order chi connectivity index (χ1) is 7.99. The third-order valence-electron chi connectivity index (χ3n) is 1.94. The van der Waals surface area contributed by atoms with Crippen molar-refractivity contribution in [3.8, 4) is 0 Å². The van der Waals surface area contributed by atoms with Gasteiger partial charge in [-0.2, -0.15) is 0 Å². The van der Waals surface area contributed by atoms with Gasteiger partial charge in [-0.1, -0.05) is 23.5 Å². The lowest BCUT2D eigenvalue weighted by Crippen LogP contribution is -2.03. The van der Waals surface area contributed by atoms with Gasteiger partial charge in [0.2, 0.25) is 0 Å². The van der Waals surface area contributed by atoms with Gasteiger partial charge in [-0.05, 0) is 0 Å². The highest BCUT2D eigenvalue weighted by Crippen LogP contribution is 2.69. The molecule has 8 heteroatoms. The van der Waals surface area contributed by atoms with Crippen LogP contribution in [0.15, 0.2) is 0 Å². The fourth-order valence-corrected chi connectivity index (χ4v) is 13.5. The van der Waals surface area contributed by atoms with Crippen molar-refractivity contribution in [1.82, 2.24) is 0 Å². The topological polar surface area (TPSA) is 34.1 Å². The smallest absolute Gasteiger partial charge is 0.186 e. The molecule has 2 saturated heterocycles. The second kappa shape index (κ2) is 6.26. The van der Waals surface area contributed by atoms with Crippen LogP contribution in [-0.2, 0) is 9.59 Å². The third kappa shape index (κ3) is 4.21. The minimum absolute atomic E-state index is 0.125. The molecule has 0 bridgehead atoms. The van der Waals surface area contributed by atoms with Crippen molar-refractivity contribution in [2.24, 2.45) is 0 Å². The molecule has 0 saturated carbocycles. The summed E-state index contributed by atoms with van der Waals surface area (Å²) in [6.45, 7) is 3.26. The van der Waals surface area contributed by atoms with Crippen LogP contribution in [0.3, 0.4) is 0 Å². The molecule has 0 unspecified atom stereocenters. The van der Waals surface area contributed by atoms with Crippen LogP contribution in [-0.4, -0.2) is 33.6 Å². The van der Waals surface area contributed by atoms with Crippen LogP contribution in [0.25, 0.3) is 0 Å². The van der Waals surface area contributed by atoms with Crippen LogP contribution in [0.4, 0.5) is 0 Å². The van der Waals surface area contributed by atoms with Crippen molar-refractivity contribution < 1.29 is 9.59 Å². The molecule has 2 heterocycles. The molecule has 1 spiro atoms. The summed E-state index contributed by atoms with van der Waals surface area (Å²) in [4.78, 5) is 22.2. The van der Waals surface area contributed by atoms with Crippen molar-refractivity contribution in [3.05, 3.63) is 0 Å². The SMILES string of the molecule is CC(=O)S[C@@H]1CSC2(SC[C@@H](SC(C)=O)S2)S1. The van der Waals surface area contributed by atoms with Gasteiger partial charge in [0.05, 0.1) is 9.16 Å². The summed E-state index contributed by atoms with van der Waals surface area (Å²) < 4.78 is 0.873. The van der Waals surface area contributed by atoms with E-state index in [0.717, 1.165) is 11.5 Å². The molecule has 96 valence electrons. The molecule has 0 radical (unpaired) electrons. The lowest BCUT2D eigenvalue weighted by molar-refractivity contribution is -0.109. The van der Waals surface area contributed by atoms with Gasteiger partial charge in [-0.15, -0.1) is 47.0 Å².